The van der Waals surface area contributed by atoms with E-state index in [1.54, 1.807) is 41.9 Å². The van der Waals surface area contributed by atoms with E-state index in [4.69, 9.17) is 0 Å². The van der Waals surface area contributed by atoms with Gasteiger partial charge < -0.3 is 15.5 Å². The van der Waals surface area contributed by atoms with Crippen LogP contribution in [0.2, 0.25) is 0 Å². The Morgan fingerprint density at radius 3 is 2.32 bits per heavy atom. The number of nitrogens with zero attached hydrogens (tertiary/aromatic N) is 3. The molecule has 2 heterocycles. The van der Waals surface area contributed by atoms with Crippen LogP contribution in [-0.4, -0.2) is 42.7 Å². The molecule has 8 nitrogen and oxygen atoms in total. The molecular formula is C29H23FN4O4. The van der Waals surface area contributed by atoms with Crippen LogP contribution in [0.4, 0.5) is 4.39 Å². The maximum atomic E-state index is 13.6. The van der Waals surface area contributed by atoms with E-state index in [1.165, 1.54) is 24.3 Å². The average molecular weight is 511 g/mol. The lowest BCUT2D eigenvalue weighted by atomic mass is 10.0. The van der Waals surface area contributed by atoms with E-state index < -0.39 is 17.9 Å². The molecule has 0 bridgehead atoms. The summed E-state index contributed by atoms with van der Waals surface area (Å²) in [6, 6.07) is 20.4. The third kappa shape index (κ3) is 4.81. The number of aliphatic carboxylic acids is 1. The number of carboxylic acids is 1. The largest absolute Gasteiger partial charge is 0.508 e. The van der Waals surface area contributed by atoms with Gasteiger partial charge in [-0.2, -0.15) is 5.10 Å². The molecule has 0 aliphatic carbocycles. The molecule has 5 aromatic rings. The van der Waals surface area contributed by atoms with Gasteiger partial charge in [0.25, 0.3) is 5.91 Å². The molecule has 0 aliphatic rings. The highest BCUT2D eigenvalue weighted by molar-refractivity contribution is 6.03. The van der Waals surface area contributed by atoms with Crippen molar-refractivity contribution in [1.82, 2.24) is 19.9 Å². The fourth-order valence-electron chi connectivity index (χ4n) is 4.37. The van der Waals surface area contributed by atoms with E-state index in [2.05, 4.69) is 15.4 Å². The number of rotatable bonds is 7. The van der Waals surface area contributed by atoms with E-state index in [9.17, 15) is 24.2 Å². The summed E-state index contributed by atoms with van der Waals surface area (Å²) in [5.74, 6) is -2.12. The van der Waals surface area contributed by atoms with Crippen LogP contribution in [0, 0.1) is 12.7 Å². The Morgan fingerprint density at radius 1 is 0.974 bits per heavy atom. The number of halogens is 1. The number of benzene rings is 3. The highest BCUT2D eigenvalue weighted by atomic mass is 19.1. The Bertz CT molecular complexity index is 1630. The summed E-state index contributed by atoms with van der Waals surface area (Å²) in [5.41, 5.74) is 4.31. The number of hydrogen-bond acceptors (Lipinski definition) is 5. The molecule has 5 rings (SSSR count). The highest BCUT2D eigenvalue weighted by Gasteiger charge is 2.27. The SMILES string of the molecule is Cc1nn2c(-c3ccccc3)c(-c3ccc(F)cc3)cnc2c1C(=O)NC(Cc1ccc(O)cc1)C(=O)O. The molecule has 2 aromatic heterocycles. The predicted molar refractivity (Wildman–Crippen MR) is 139 cm³/mol. The normalized spacial score (nSPS) is 11.8. The second-order valence-electron chi connectivity index (χ2n) is 8.82. The van der Waals surface area contributed by atoms with Crippen LogP contribution in [0.25, 0.3) is 28.0 Å². The second-order valence-corrected chi connectivity index (χ2v) is 8.82. The van der Waals surface area contributed by atoms with Crippen molar-refractivity contribution in [1.29, 1.82) is 0 Å². The van der Waals surface area contributed by atoms with Crippen molar-refractivity contribution in [2.24, 2.45) is 0 Å². The minimum Gasteiger partial charge on any atom is -0.508 e. The first kappa shape index (κ1) is 24.6. The fourth-order valence-corrected chi connectivity index (χ4v) is 4.37. The minimum atomic E-state index is -1.21. The predicted octanol–water partition coefficient (Wildman–Crippen LogP) is 4.64. The maximum absolute atomic E-state index is 13.6. The van der Waals surface area contributed by atoms with Crippen molar-refractivity contribution in [3.8, 4) is 28.1 Å². The summed E-state index contributed by atoms with van der Waals surface area (Å²) in [7, 11) is 0. The van der Waals surface area contributed by atoms with Gasteiger partial charge in [-0.3, -0.25) is 4.79 Å². The molecular weight excluding hydrogens is 487 g/mol. The zero-order valence-electron chi connectivity index (χ0n) is 20.3. The van der Waals surface area contributed by atoms with Gasteiger partial charge in [-0.15, -0.1) is 0 Å². The molecule has 38 heavy (non-hydrogen) atoms. The first-order valence-electron chi connectivity index (χ1n) is 11.8. The van der Waals surface area contributed by atoms with Crippen LogP contribution >= 0.6 is 0 Å². The Labute approximate surface area is 217 Å². The van der Waals surface area contributed by atoms with E-state index >= 15 is 0 Å². The minimum absolute atomic E-state index is 0.0248. The highest BCUT2D eigenvalue weighted by Crippen LogP contribution is 2.33. The third-order valence-electron chi connectivity index (χ3n) is 6.23. The molecule has 1 atom stereocenters. The van der Waals surface area contributed by atoms with Gasteiger partial charge in [0.2, 0.25) is 0 Å². The number of fused-ring (bicyclic) bond motifs is 1. The number of carboxylic acid groups (broad SMARTS) is 1. The monoisotopic (exact) mass is 510 g/mol. The summed E-state index contributed by atoms with van der Waals surface area (Å²) >= 11 is 0. The Kier molecular flexibility index (Phi) is 6.57. The number of aryl methyl sites for hydroxylation is 1. The molecule has 3 aromatic carbocycles. The van der Waals surface area contributed by atoms with Gasteiger partial charge in [-0.1, -0.05) is 54.6 Å². The van der Waals surface area contributed by atoms with Crippen molar-refractivity contribution in [3.63, 3.8) is 0 Å². The van der Waals surface area contributed by atoms with Crippen LogP contribution in [0.3, 0.4) is 0 Å². The van der Waals surface area contributed by atoms with Crippen molar-refractivity contribution in [2.45, 2.75) is 19.4 Å². The van der Waals surface area contributed by atoms with Gasteiger partial charge in [0.05, 0.1) is 11.4 Å². The van der Waals surface area contributed by atoms with E-state index in [1.807, 2.05) is 30.3 Å². The molecule has 0 aliphatic heterocycles. The van der Waals surface area contributed by atoms with Gasteiger partial charge in [-0.05, 0) is 42.3 Å². The number of carbonyl (C=O) groups excluding carboxylic acids is 1. The quantitative estimate of drug-likeness (QED) is 0.294. The van der Waals surface area contributed by atoms with Crippen LogP contribution in [0.5, 0.6) is 5.75 Å². The number of phenolic OH excluding ortho intramolecular Hbond substituents is 1. The van der Waals surface area contributed by atoms with E-state index in [0.717, 1.165) is 11.1 Å². The fraction of sp³-hybridized carbons (Fsp3) is 0.103. The lowest BCUT2D eigenvalue weighted by Crippen LogP contribution is -2.42. The molecule has 190 valence electrons. The van der Waals surface area contributed by atoms with Gasteiger partial charge in [0.1, 0.15) is 23.2 Å². The summed E-state index contributed by atoms with van der Waals surface area (Å²) in [6.07, 6.45) is 1.63. The van der Waals surface area contributed by atoms with Gasteiger partial charge in [-0.25, -0.2) is 18.7 Å². The van der Waals surface area contributed by atoms with E-state index in [0.29, 0.717) is 22.5 Å². The standard InChI is InChI=1S/C29H23FN4O4/c1-17-25(28(36)32-24(29(37)38)15-18-7-13-22(35)14-8-18)27-31-16-23(19-9-11-21(30)12-10-19)26(34(27)33-17)20-5-3-2-4-6-20/h2-14,16,24,35H,15H2,1H3,(H,32,36)(H,37,38). The van der Waals surface area contributed by atoms with Gasteiger partial charge in [0, 0.05) is 23.7 Å². The molecule has 0 radical (unpaired) electrons. The van der Waals surface area contributed by atoms with Crippen molar-refractivity contribution in [3.05, 3.63) is 108 Å². The molecule has 1 amide bonds. The van der Waals surface area contributed by atoms with Gasteiger partial charge >= 0.3 is 5.97 Å². The Hall–Kier alpha value is -5.05. The first-order valence-corrected chi connectivity index (χ1v) is 11.8. The molecule has 9 heteroatoms. The lowest BCUT2D eigenvalue weighted by Gasteiger charge is -2.15. The Morgan fingerprint density at radius 2 is 1.66 bits per heavy atom. The molecule has 0 saturated heterocycles. The molecule has 0 fully saturated rings. The number of carbonyl (C=O) groups is 2. The van der Waals surface area contributed by atoms with Crippen LogP contribution in [-0.2, 0) is 11.2 Å². The number of nitrogens with one attached hydrogen (secondary N) is 1. The third-order valence-corrected chi connectivity index (χ3v) is 6.23. The van der Waals surface area contributed by atoms with Crippen LogP contribution in [0.1, 0.15) is 21.6 Å². The smallest absolute Gasteiger partial charge is 0.326 e. The first-order chi connectivity index (χ1) is 18.3. The number of phenols is 1. The molecule has 0 saturated carbocycles. The van der Waals surface area contributed by atoms with Crippen LogP contribution in [0.15, 0.2) is 85.1 Å². The number of aromatic hydroxyl groups is 1. The number of aromatic nitrogens is 3. The maximum Gasteiger partial charge on any atom is 0.326 e. The van der Waals surface area contributed by atoms with Crippen LogP contribution < -0.4 is 5.32 Å². The average Bonchev–Trinajstić information content (AvgIpc) is 3.25. The topological polar surface area (TPSA) is 117 Å². The number of hydrogen-bond donors (Lipinski definition) is 3. The number of amides is 1. The summed E-state index contributed by atoms with van der Waals surface area (Å²) in [4.78, 5) is 29.9. The Balaban J connectivity index is 1.58. The lowest BCUT2D eigenvalue weighted by molar-refractivity contribution is -0.139. The second kappa shape index (κ2) is 10.1. The summed E-state index contributed by atoms with van der Waals surface area (Å²) in [6.45, 7) is 1.66. The zero-order chi connectivity index (χ0) is 26.8. The van der Waals surface area contributed by atoms with Crippen molar-refractivity contribution in [2.75, 3.05) is 0 Å². The van der Waals surface area contributed by atoms with Crippen molar-refractivity contribution < 1.29 is 24.2 Å². The van der Waals surface area contributed by atoms with Gasteiger partial charge in [0.15, 0.2) is 5.65 Å². The van der Waals surface area contributed by atoms with E-state index in [-0.39, 0.29) is 29.2 Å². The molecule has 1 unspecified atom stereocenters. The molecule has 0 spiro atoms. The molecule has 3 N–H and O–H groups in total. The zero-order valence-corrected chi connectivity index (χ0v) is 20.3. The van der Waals surface area contributed by atoms with Crippen molar-refractivity contribution >= 4 is 17.5 Å². The summed E-state index contributed by atoms with van der Waals surface area (Å²) in [5, 5.41) is 26.5. The summed E-state index contributed by atoms with van der Waals surface area (Å²) < 4.78 is 15.2.